The zero-order valence-corrected chi connectivity index (χ0v) is 25.7. The fourth-order valence-electron chi connectivity index (χ4n) is 6.04. The molecule has 0 saturated carbocycles. The second kappa shape index (κ2) is 14.8. The Hall–Kier alpha value is -4.22. The second-order valence-electron chi connectivity index (χ2n) is 11.9. The smallest absolute Gasteiger partial charge is 0.220 e. The maximum atomic E-state index is 13.5. The highest BCUT2D eigenvalue weighted by Gasteiger charge is 2.37. The summed E-state index contributed by atoms with van der Waals surface area (Å²) in [5, 5.41) is 3.18. The lowest BCUT2D eigenvalue weighted by atomic mass is 9.75. The van der Waals surface area contributed by atoms with Gasteiger partial charge in [-0.3, -0.25) is 4.79 Å². The molecular weight excluding hydrogens is 528 g/mol. The van der Waals surface area contributed by atoms with Crippen LogP contribution in [0.25, 0.3) is 11.1 Å². The third kappa shape index (κ3) is 7.99. The molecule has 43 heavy (non-hydrogen) atoms. The van der Waals surface area contributed by atoms with Crippen molar-refractivity contribution in [3.05, 3.63) is 126 Å². The fraction of sp³-hybridized carbons (Fsp3) is 0.316. The van der Waals surface area contributed by atoms with Crippen LogP contribution in [0, 0.1) is 0 Å². The van der Waals surface area contributed by atoms with Gasteiger partial charge in [0, 0.05) is 38.4 Å². The van der Waals surface area contributed by atoms with Crippen molar-refractivity contribution in [1.82, 2.24) is 15.1 Å². The number of likely N-dealkylation sites (N-methyl/N-ethyl adjacent to an activating group) is 1. The number of nitrogens with one attached hydrogen (secondary N) is 1. The normalized spacial score (nSPS) is 16.0. The number of amidine groups is 1. The summed E-state index contributed by atoms with van der Waals surface area (Å²) in [5.41, 5.74) is 6.78. The van der Waals surface area contributed by atoms with Gasteiger partial charge >= 0.3 is 0 Å². The Balaban J connectivity index is 1.44. The highest BCUT2D eigenvalue weighted by atomic mass is 16.1. The fourth-order valence-corrected chi connectivity index (χ4v) is 6.04. The first-order valence-electron chi connectivity index (χ1n) is 15.5. The number of carbonyl (C=O) groups excluding carboxylic acids is 1. The number of para-hydroxylation sites is 1. The number of unbranched alkanes of at least 4 members (excludes halogenated alkanes) is 2. The number of fused-ring (bicyclic) bond motifs is 1. The molecule has 5 heteroatoms. The molecule has 1 heterocycles. The lowest BCUT2D eigenvalue weighted by molar-refractivity contribution is -0.121. The number of nitrogens with zero attached hydrogens (tertiary/aromatic N) is 3. The highest BCUT2D eigenvalue weighted by molar-refractivity contribution is 5.95. The summed E-state index contributed by atoms with van der Waals surface area (Å²) in [6, 6.07) is 37.8. The zero-order chi connectivity index (χ0) is 30.0. The van der Waals surface area contributed by atoms with E-state index in [1.165, 1.54) is 29.5 Å². The molecule has 222 valence electrons. The average molecular weight is 573 g/mol. The summed E-state index contributed by atoms with van der Waals surface area (Å²) < 4.78 is 0. The van der Waals surface area contributed by atoms with E-state index in [0.717, 1.165) is 42.2 Å². The predicted octanol–water partition coefficient (Wildman–Crippen LogP) is 7.63. The second-order valence-corrected chi connectivity index (χ2v) is 11.9. The van der Waals surface area contributed by atoms with E-state index < -0.39 is 0 Å². The summed E-state index contributed by atoms with van der Waals surface area (Å²) in [4.78, 5) is 23.4. The van der Waals surface area contributed by atoms with Crippen LogP contribution in [0.1, 0.15) is 54.2 Å². The number of aliphatic imine (C=N–C) groups is 1. The first-order valence-corrected chi connectivity index (χ1v) is 15.5. The van der Waals surface area contributed by atoms with E-state index >= 15 is 0 Å². The molecule has 0 saturated heterocycles. The monoisotopic (exact) mass is 572 g/mol. The van der Waals surface area contributed by atoms with Crippen molar-refractivity contribution in [2.45, 2.75) is 44.1 Å². The van der Waals surface area contributed by atoms with Crippen molar-refractivity contribution in [2.24, 2.45) is 4.99 Å². The zero-order valence-electron chi connectivity index (χ0n) is 25.7. The van der Waals surface area contributed by atoms with Gasteiger partial charge in [0.05, 0.1) is 5.69 Å². The van der Waals surface area contributed by atoms with Crippen LogP contribution in [-0.4, -0.2) is 55.8 Å². The molecule has 5 rings (SSSR count). The minimum absolute atomic E-state index is 0.0294. The van der Waals surface area contributed by atoms with E-state index in [1.807, 2.05) is 42.5 Å². The topological polar surface area (TPSA) is 47.9 Å². The Morgan fingerprint density at radius 2 is 1.35 bits per heavy atom. The number of carbonyl (C=O) groups is 1. The molecular formula is C38H44N4O. The van der Waals surface area contributed by atoms with Crippen LogP contribution in [0.2, 0.25) is 0 Å². The number of rotatable bonds is 12. The van der Waals surface area contributed by atoms with Crippen LogP contribution >= 0.6 is 0 Å². The molecule has 0 spiro atoms. The summed E-state index contributed by atoms with van der Waals surface area (Å²) in [7, 11) is 6.42. The van der Waals surface area contributed by atoms with Crippen molar-refractivity contribution in [2.75, 3.05) is 34.2 Å². The van der Waals surface area contributed by atoms with Gasteiger partial charge in [-0.1, -0.05) is 110 Å². The average Bonchev–Trinajstić information content (AvgIpc) is 3.04. The van der Waals surface area contributed by atoms with Crippen molar-refractivity contribution in [3.8, 4) is 11.1 Å². The maximum Gasteiger partial charge on any atom is 0.220 e. The van der Waals surface area contributed by atoms with Crippen LogP contribution in [0.15, 0.2) is 114 Å². The Labute approximate surface area is 257 Å². The van der Waals surface area contributed by atoms with Gasteiger partial charge in [0.2, 0.25) is 5.91 Å². The molecule has 1 aliphatic heterocycles. The van der Waals surface area contributed by atoms with Crippen molar-refractivity contribution < 1.29 is 4.79 Å². The first kappa shape index (κ1) is 30.2. The van der Waals surface area contributed by atoms with E-state index in [2.05, 4.69) is 103 Å². The summed E-state index contributed by atoms with van der Waals surface area (Å²) >= 11 is 0. The molecule has 1 amide bonds. The summed E-state index contributed by atoms with van der Waals surface area (Å²) in [6.07, 6.45) is 3.86. The molecule has 0 aliphatic carbocycles. The van der Waals surface area contributed by atoms with Crippen LogP contribution in [0.5, 0.6) is 0 Å². The maximum absolute atomic E-state index is 13.5. The minimum Gasteiger partial charge on any atom is -0.363 e. The van der Waals surface area contributed by atoms with E-state index in [4.69, 9.17) is 4.99 Å². The van der Waals surface area contributed by atoms with E-state index in [1.54, 1.807) is 0 Å². The van der Waals surface area contributed by atoms with Crippen LogP contribution in [-0.2, 0) is 11.3 Å². The number of benzene rings is 4. The lowest BCUT2D eigenvalue weighted by Crippen LogP contribution is -2.38. The first-order chi connectivity index (χ1) is 21.0. The van der Waals surface area contributed by atoms with Gasteiger partial charge in [-0.05, 0) is 67.4 Å². The molecule has 0 radical (unpaired) electrons. The van der Waals surface area contributed by atoms with Crippen LogP contribution in [0.3, 0.4) is 0 Å². The Bertz CT molecular complexity index is 1480. The molecule has 2 unspecified atom stereocenters. The van der Waals surface area contributed by atoms with Gasteiger partial charge in [0.1, 0.15) is 5.84 Å². The van der Waals surface area contributed by atoms with Gasteiger partial charge in [-0.2, -0.15) is 0 Å². The van der Waals surface area contributed by atoms with Crippen molar-refractivity contribution in [3.63, 3.8) is 0 Å². The molecule has 1 aliphatic rings. The van der Waals surface area contributed by atoms with Gasteiger partial charge < -0.3 is 15.1 Å². The minimum atomic E-state index is -0.0334. The summed E-state index contributed by atoms with van der Waals surface area (Å²) in [5.74, 6) is 1.04. The molecule has 1 N–H and O–H groups in total. The quantitative estimate of drug-likeness (QED) is 0.178. The molecule has 5 nitrogen and oxygen atoms in total. The van der Waals surface area contributed by atoms with Crippen LogP contribution < -0.4 is 5.32 Å². The standard InChI is InChI=1S/C38H44N4O/c1-41(2)25-13-6-14-26-42(3)38-37(32-23-21-31(22-24-32)30-17-9-5-10-18-30)34(33-19-11-12-20-35(33)40-38)27-36(43)39-28-29-15-7-4-8-16-29/h4-5,7-12,15-24,34,37H,6,13-14,25-28H2,1-3H3,(H,39,43). The van der Waals surface area contributed by atoms with Crippen LogP contribution in [0.4, 0.5) is 5.69 Å². The lowest BCUT2D eigenvalue weighted by Gasteiger charge is -2.37. The Morgan fingerprint density at radius 3 is 2.07 bits per heavy atom. The molecule has 4 aromatic carbocycles. The number of hydrogen-bond acceptors (Lipinski definition) is 4. The van der Waals surface area contributed by atoms with Crippen molar-refractivity contribution >= 4 is 17.4 Å². The summed E-state index contributed by atoms with van der Waals surface area (Å²) in [6.45, 7) is 2.56. The third-order valence-electron chi connectivity index (χ3n) is 8.36. The predicted molar refractivity (Wildman–Crippen MR) is 179 cm³/mol. The van der Waals surface area contributed by atoms with Gasteiger partial charge in [-0.25, -0.2) is 4.99 Å². The number of hydrogen-bond donors (Lipinski definition) is 1. The highest BCUT2D eigenvalue weighted by Crippen LogP contribution is 2.46. The van der Waals surface area contributed by atoms with E-state index in [9.17, 15) is 4.79 Å². The number of amides is 1. The molecule has 0 aromatic heterocycles. The van der Waals surface area contributed by atoms with E-state index in [0.29, 0.717) is 13.0 Å². The van der Waals surface area contributed by atoms with E-state index in [-0.39, 0.29) is 17.7 Å². The molecule has 0 bridgehead atoms. The van der Waals surface area contributed by atoms with Crippen molar-refractivity contribution in [1.29, 1.82) is 0 Å². The van der Waals surface area contributed by atoms with Gasteiger partial charge in [0.25, 0.3) is 0 Å². The van der Waals surface area contributed by atoms with Gasteiger partial charge in [0.15, 0.2) is 0 Å². The molecule has 2 atom stereocenters. The SMILES string of the molecule is CN(C)CCCCCN(C)C1=Nc2ccccc2C(CC(=O)NCc2ccccc2)C1c1ccc(-c2ccccc2)cc1. The third-order valence-corrected chi connectivity index (χ3v) is 8.36. The molecule has 4 aromatic rings. The van der Waals surface area contributed by atoms with Gasteiger partial charge in [-0.15, -0.1) is 0 Å². The largest absolute Gasteiger partial charge is 0.363 e. The molecule has 0 fully saturated rings. The Morgan fingerprint density at radius 1 is 0.721 bits per heavy atom. The Kier molecular flexibility index (Phi) is 10.4.